The summed E-state index contributed by atoms with van der Waals surface area (Å²) in [7, 11) is -3.61. The third-order valence-corrected chi connectivity index (χ3v) is 11.0. The second-order valence-electron chi connectivity index (χ2n) is 13.0. The third kappa shape index (κ3) is 7.30. The Morgan fingerprint density at radius 2 is 1.84 bits per heavy atom. The minimum atomic E-state index is -4.62. The summed E-state index contributed by atoms with van der Waals surface area (Å²) in [6.45, 7) is 6.00. The number of hydrogen-bond acceptors (Lipinski definition) is 5. The molecule has 0 heterocycles. The molecule has 4 atom stereocenters. The van der Waals surface area contributed by atoms with E-state index in [9.17, 15) is 36.6 Å². The Labute approximate surface area is 259 Å². The number of fused-ring (bicyclic) bond motifs is 8. The van der Waals surface area contributed by atoms with E-state index in [0.29, 0.717) is 56.1 Å². The summed E-state index contributed by atoms with van der Waals surface area (Å²) >= 11 is 0. The van der Waals surface area contributed by atoms with Gasteiger partial charge in [0.05, 0.1) is 23.5 Å². The van der Waals surface area contributed by atoms with Gasteiger partial charge in [0.25, 0.3) is 0 Å². The predicted molar refractivity (Wildman–Crippen MR) is 165 cm³/mol. The van der Waals surface area contributed by atoms with Gasteiger partial charge < -0.3 is 10.2 Å². The SMILES string of the molecule is CCCN(C[C@]1(O)CC[C@H]2c3ccc(cc3C(=O)c3cccc(C(F)(F)F)c3)C[C@@H](O)CCC(C)=CCC[C@@]21C)S(C)(=O)=O. The van der Waals surface area contributed by atoms with Gasteiger partial charge in [-0.1, -0.05) is 49.8 Å². The number of aliphatic hydroxyl groups is 2. The molecule has 0 saturated heterocycles. The molecule has 2 bridgehead atoms. The molecule has 44 heavy (non-hydrogen) atoms. The number of alkyl halides is 3. The highest BCUT2D eigenvalue weighted by Gasteiger charge is 2.57. The number of halogens is 3. The first-order valence-electron chi connectivity index (χ1n) is 15.3. The van der Waals surface area contributed by atoms with Crippen molar-refractivity contribution in [1.82, 2.24) is 4.31 Å². The average molecular weight is 636 g/mol. The molecule has 1 saturated carbocycles. The fourth-order valence-corrected chi connectivity index (χ4v) is 8.05. The quantitative estimate of drug-likeness (QED) is 0.263. The molecule has 0 aromatic heterocycles. The number of allylic oxidation sites excluding steroid dienone is 2. The van der Waals surface area contributed by atoms with Crippen LogP contribution in [0.2, 0.25) is 0 Å². The number of rotatable bonds is 7. The molecular weight excluding hydrogens is 591 g/mol. The Kier molecular flexibility index (Phi) is 10.2. The molecule has 2 aromatic rings. The van der Waals surface area contributed by atoms with Crippen molar-refractivity contribution in [3.8, 4) is 0 Å². The van der Waals surface area contributed by atoms with Gasteiger partial charge in [-0.05, 0) is 93.5 Å². The molecule has 0 radical (unpaired) electrons. The van der Waals surface area contributed by atoms with Gasteiger partial charge in [0.1, 0.15) is 0 Å². The number of carbonyl (C=O) groups is 1. The van der Waals surface area contributed by atoms with E-state index in [0.717, 1.165) is 24.0 Å². The summed E-state index contributed by atoms with van der Waals surface area (Å²) in [6.07, 6.45) is 1.83. The molecule has 0 aliphatic heterocycles. The first kappa shape index (κ1) is 34.3. The van der Waals surface area contributed by atoms with Crippen molar-refractivity contribution in [1.29, 1.82) is 0 Å². The van der Waals surface area contributed by atoms with Crippen LogP contribution in [0.15, 0.2) is 54.1 Å². The van der Waals surface area contributed by atoms with Crippen LogP contribution in [0.3, 0.4) is 0 Å². The van der Waals surface area contributed by atoms with Crippen molar-refractivity contribution in [3.05, 3.63) is 81.9 Å². The zero-order valence-electron chi connectivity index (χ0n) is 26.0. The minimum absolute atomic E-state index is 0.0868. The number of sulfonamides is 1. The lowest BCUT2D eigenvalue weighted by molar-refractivity contribution is -0.137. The summed E-state index contributed by atoms with van der Waals surface area (Å²) in [5.41, 5.74) is -0.640. The van der Waals surface area contributed by atoms with Gasteiger partial charge in [-0.3, -0.25) is 4.79 Å². The smallest absolute Gasteiger partial charge is 0.393 e. The lowest BCUT2D eigenvalue weighted by Gasteiger charge is -2.45. The molecule has 0 unspecified atom stereocenters. The minimum Gasteiger partial charge on any atom is -0.393 e. The Balaban J connectivity index is 1.88. The number of nitrogens with zero attached hydrogens (tertiary/aromatic N) is 1. The van der Waals surface area contributed by atoms with Crippen LogP contribution < -0.4 is 0 Å². The van der Waals surface area contributed by atoms with Crippen molar-refractivity contribution in [2.45, 2.75) is 95.9 Å². The van der Waals surface area contributed by atoms with Crippen molar-refractivity contribution < 1.29 is 36.6 Å². The van der Waals surface area contributed by atoms with E-state index in [-0.39, 0.29) is 36.6 Å². The molecule has 6 nitrogen and oxygen atoms in total. The summed E-state index contributed by atoms with van der Waals surface area (Å²) in [4.78, 5) is 14.1. The molecule has 10 heteroatoms. The highest BCUT2D eigenvalue weighted by Crippen LogP contribution is 2.59. The zero-order chi connectivity index (χ0) is 32.5. The van der Waals surface area contributed by atoms with Crippen molar-refractivity contribution in [2.24, 2.45) is 5.41 Å². The molecule has 5 rings (SSSR count). The lowest BCUT2D eigenvalue weighted by Crippen LogP contribution is -2.53. The lowest BCUT2D eigenvalue weighted by atomic mass is 9.64. The van der Waals surface area contributed by atoms with Crippen LogP contribution in [-0.2, 0) is 22.6 Å². The molecule has 3 aliphatic rings. The van der Waals surface area contributed by atoms with Crippen molar-refractivity contribution in [2.75, 3.05) is 19.3 Å². The average Bonchev–Trinajstić information content (AvgIpc) is 3.19. The van der Waals surface area contributed by atoms with Crippen LogP contribution >= 0.6 is 0 Å². The third-order valence-electron chi connectivity index (χ3n) is 9.75. The number of ketones is 1. The van der Waals surface area contributed by atoms with E-state index in [1.165, 1.54) is 16.4 Å². The fourth-order valence-electron chi connectivity index (χ4n) is 7.09. The molecule has 3 aliphatic carbocycles. The molecule has 2 aromatic carbocycles. The normalized spacial score (nSPS) is 26.7. The van der Waals surface area contributed by atoms with Gasteiger partial charge >= 0.3 is 6.18 Å². The van der Waals surface area contributed by atoms with Crippen LogP contribution in [0.1, 0.15) is 104 Å². The van der Waals surface area contributed by atoms with Crippen LogP contribution in [0.4, 0.5) is 13.2 Å². The number of hydrogen-bond donors (Lipinski definition) is 2. The van der Waals surface area contributed by atoms with Crippen molar-refractivity contribution in [3.63, 3.8) is 0 Å². The molecular formula is C34H44F3NO5S. The summed E-state index contributed by atoms with van der Waals surface area (Å²) < 4.78 is 67.5. The van der Waals surface area contributed by atoms with Crippen LogP contribution in [0.25, 0.3) is 0 Å². The van der Waals surface area contributed by atoms with Gasteiger partial charge in [-0.15, -0.1) is 0 Å². The maximum absolute atomic E-state index is 14.1. The largest absolute Gasteiger partial charge is 0.416 e. The molecule has 242 valence electrons. The van der Waals surface area contributed by atoms with E-state index in [1.54, 1.807) is 6.07 Å². The van der Waals surface area contributed by atoms with E-state index < -0.39 is 44.7 Å². The summed E-state index contributed by atoms with van der Waals surface area (Å²) in [5.74, 6) is -0.942. The second kappa shape index (κ2) is 13.1. The van der Waals surface area contributed by atoms with Crippen LogP contribution in [0, 0.1) is 5.41 Å². The topological polar surface area (TPSA) is 94.9 Å². The summed E-state index contributed by atoms with van der Waals surface area (Å²) in [6, 6.07) is 9.70. The monoisotopic (exact) mass is 635 g/mol. The van der Waals surface area contributed by atoms with E-state index in [4.69, 9.17) is 0 Å². The van der Waals surface area contributed by atoms with E-state index in [2.05, 4.69) is 6.08 Å². The first-order valence-corrected chi connectivity index (χ1v) is 17.2. The Hall–Kier alpha value is -2.53. The maximum atomic E-state index is 14.1. The predicted octanol–water partition coefficient (Wildman–Crippen LogP) is 6.65. The standard InChI is InChI=1S/C34H44F3NO5S/c1-5-18-38(44(4,42)43)22-33(41)17-15-30-28-14-12-24(19-27(39)13-11-23(2)8-7-16-32(30,33)3)20-29(28)31(40)25-9-6-10-26(21-25)34(35,36)37/h6,8-10,12,14,20-21,27,30,39,41H,5,7,11,13,15-19,22H2,1-4H3/t27-,30-,32-,33+/m0/s1. The van der Waals surface area contributed by atoms with E-state index >= 15 is 0 Å². The van der Waals surface area contributed by atoms with Gasteiger partial charge in [0.2, 0.25) is 10.0 Å². The molecule has 0 spiro atoms. The van der Waals surface area contributed by atoms with Crippen LogP contribution in [-0.4, -0.2) is 59.8 Å². The highest BCUT2D eigenvalue weighted by atomic mass is 32.2. The second-order valence-corrected chi connectivity index (χ2v) is 14.9. The zero-order valence-corrected chi connectivity index (χ0v) is 26.8. The Bertz CT molecular complexity index is 1500. The number of carbonyl (C=O) groups excluding carboxylic acids is 1. The van der Waals surface area contributed by atoms with Gasteiger partial charge in [0.15, 0.2) is 5.78 Å². The number of aliphatic hydroxyl groups excluding tert-OH is 1. The van der Waals surface area contributed by atoms with Gasteiger partial charge in [0, 0.05) is 29.6 Å². The van der Waals surface area contributed by atoms with E-state index in [1.807, 2.05) is 32.9 Å². The fraction of sp³-hybridized carbons (Fsp3) is 0.559. The Morgan fingerprint density at radius 1 is 1.11 bits per heavy atom. The van der Waals surface area contributed by atoms with Crippen molar-refractivity contribution >= 4 is 15.8 Å². The number of benzene rings is 2. The maximum Gasteiger partial charge on any atom is 0.416 e. The summed E-state index contributed by atoms with van der Waals surface area (Å²) in [5, 5.41) is 23.1. The Morgan fingerprint density at radius 3 is 2.50 bits per heavy atom. The molecule has 0 amide bonds. The van der Waals surface area contributed by atoms with Gasteiger partial charge in [-0.2, -0.15) is 17.5 Å². The van der Waals surface area contributed by atoms with Gasteiger partial charge in [-0.25, -0.2) is 8.42 Å². The molecule has 2 N–H and O–H groups in total. The molecule has 1 fully saturated rings. The first-order chi connectivity index (χ1) is 20.5. The van der Waals surface area contributed by atoms with Crippen LogP contribution in [0.5, 0.6) is 0 Å². The highest BCUT2D eigenvalue weighted by molar-refractivity contribution is 7.88.